The van der Waals surface area contributed by atoms with Crippen molar-refractivity contribution in [3.8, 4) is 5.92 Å². The molecule has 0 bridgehead atoms. The average Bonchev–Trinajstić information content (AvgIpc) is 2.53. The first-order valence-electron chi connectivity index (χ1n) is 8.25. The largest absolute Gasteiger partial charge is 0.366 e. The van der Waals surface area contributed by atoms with Gasteiger partial charge in [-0.1, -0.05) is 18.2 Å². The summed E-state index contributed by atoms with van der Waals surface area (Å²) >= 11 is 0. The van der Waals surface area contributed by atoms with Crippen LogP contribution < -0.4 is 0 Å². The van der Waals surface area contributed by atoms with E-state index in [2.05, 4.69) is 59.2 Å². The van der Waals surface area contributed by atoms with Gasteiger partial charge in [0.25, 0.3) is 0 Å². The van der Waals surface area contributed by atoms with E-state index in [1.165, 1.54) is 24.6 Å². The van der Waals surface area contributed by atoms with Crippen LogP contribution in [0.4, 0.5) is 0 Å². The fraction of sp³-hybridized carbons (Fsp3) is 0.600. The van der Waals surface area contributed by atoms with Crippen LogP contribution in [0.25, 0.3) is 0 Å². The van der Waals surface area contributed by atoms with E-state index in [9.17, 15) is 0 Å². The standard InChI is InChI=1S/C8H5.2C6H16P2.Fe/c1-2-8-6-4-3-5-7-8;2*1-7(2)5-6-8(3)4;/h3-7H;2*5-6H2,1-4H3;/q-1;;;. The minimum atomic E-state index is 0. The van der Waals surface area contributed by atoms with Crippen molar-refractivity contribution in [3.63, 3.8) is 0 Å². The first-order chi connectivity index (χ1) is 11.2. The molecule has 0 aliphatic heterocycles. The van der Waals surface area contributed by atoms with E-state index < -0.39 is 0 Å². The molecule has 5 heteroatoms. The van der Waals surface area contributed by atoms with Crippen LogP contribution in [0.3, 0.4) is 0 Å². The molecule has 0 N–H and O–H groups in total. The van der Waals surface area contributed by atoms with Gasteiger partial charge in [-0.05, 0) is 78.0 Å². The van der Waals surface area contributed by atoms with E-state index in [1.54, 1.807) is 0 Å². The molecular formula is C20H37FeP4-. The third-order valence-corrected chi connectivity index (χ3v) is 8.08. The molecular weight excluding hydrogens is 420 g/mol. The molecule has 0 nitrogen and oxygen atoms in total. The molecule has 0 spiro atoms. The normalized spacial score (nSPS) is 9.72. The van der Waals surface area contributed by atoms with Gasteiger partial charge in [0.05, 0.1) is 0 Å². The van der Waals surface area contributed by atoms with Gasteiger partial charge in [-0.25, -0.2) is 0 Å². The summed E-state index contributed by atoms with van der Waals surface area (Å²) in [6.07, 6.45) is 12.6. The summed E-state index contributed by atoms with van der Waals surface area (Å²) in [5, 5.41) is 0. The Hall–Kier alpha value is 1.02. The van der Waals surface area contributed by atoms with Crippen molar-refractivity contribution in [2.24, 2.45) is 0 Å². The molecule has 1 aromatic rings. The second-order valence-corrected chi connectivity index (χ2v) is 17.1. The Morgan fingerprint density at radius 3 is 1.08 bits per heavy atom. The predicted octanol–water partition coefficient (Wildman–Crippen LogP) is 6.56. The smallest absolute Gasteiger partial charge is 0 e. The van der Waals surface area contributed by atoms with E-state index in [4.69, 9.17) is 6.42 Å². The first-order valence-corrected chi connectivity index (χ1v) is 17.9. The van der Waals surface area contributed by atoms with Crippen LogP contribution in [0, 0.1) is 12.3 Å². The second kappa shape index (κ2) is 21.3. The Bertz CT molecular complexity index is 379. The Morgan fingerprint density at radius 1 is 0.640 bits per heavy atom. The van der Waals surface area contributed by atoms with Crippen LogP contribution in [-0.2, 0) is 17.1 Å². The second-order valence-electron chi connectivity index (χ2n) is 6.70. The van der Waals surface area contributed by atoms with Crippen molar-refractivity contribution in [1.82, 2.24) is 0 Å². The van der Waals surface area contributed by atoms with Crippen LogP contribution >= 0.6 is 31.7 Å². The van der Waals surface area contributed by atoms with Gasteiger partial charge < -0.3 is 6.42 Å². The monoisotopic (exact) mass is 457 g/mol. The first kappa shape index (κ1) is 30.7. The summed E-state index contributed by atoms with van der Waals surface area (Å²) in [6.45, 7) is 18.8. The summed E-state index contributed by atoms with van der Waals surface area (Å²) < 4.78 is 0. The van der Waals surface area contributed by atoms with Gasteiger partial charge in [0.2, 0.25) is 0 Å². The summed E-state index contributed by atoms with van der Waals surface area (Å²) in [6, 6.07) is 9.37. The summed E-state index contributed by atoms with van der Waals surface area (Å²) in [7, 11) is 1.53. The van der Waals surface area contributed by atoms with Crippen molar-refractivity contribution in [1.29, 1.82) is 0 Å². The van der Waals surface area contributed by atoms with E-state index in [0.717, 1.165) is 5.56 Å². The van der Waals surface area contributed by atoms with Crippen molar-refractivity contribution in [3.05, 3.63) is 42.3 Å². The van der Waals surface area contributed by atoms with Crippen LogP contribution in [0.1, 0.15) is 5.56 Å². The molecule has 0 heterocycles. The molecule has 0 fully saturated rings. The van der Waals surface area contributed by atoms with Crippen LogP contribution in [-0.4, -0.2) is 78.0 Å². The minimum Gasteiger partial charge on any atom is -0.366 e. The Morgan fingerprint density at radius 2 is 0.920 bits per heavy atom. The van der Waals surface area contributed by atoms with Gasteiger partial charge in [-0.2, -0.15) is 0 Å². The average molecular weight is 457 g/mol. The van der Waals surface area contributed by atoms with Gasteiger partial charge in [0.15, 0.2) is 0 Å². The molecule has 0 atom stereocenters. The fourth-order valence-electron chi connectivity index (χ4n) is 1.32. The minimum absolute atomic E-state index is 0. The molecule has 146 valence electrons. The molecule has 0 radical (unpaired) electrons. The molecule has 0 amide bonds. The van der Waals surface area contributed by atoms with Crippen LogP contribution in [0.2, 0.25) is 0 Å². The third-order valence-electron chi connectivity index (χ3n) is 2.91. The Labute approximate surface area is 174 Å². The molecule has 1 rings (SSSR count). The van der Waals surface area contributed by atoms with Crippen LogP contribution in [0.5, 0.6) is 0 Å². The zero-order valence-electron chi connectivity index (χ0n) is 17.4. The molecule has 0 unspecified atom stereocenters. The van der Waals surface area contributed by atoms with Crippen molar-refractivity contribution in [2.45, 2.75) is 0 Å². The maximum Gasteiger partial charge on any atom is 0 e. The zero-order chi connectivity index (χ0) is 19.0. The Balaban J connectivity index is -0.000000285. The van der Waals surface area contributed by atoms with Crippen molar-refractivity contribution >= 4 is 31.7 Å². The zero-order valence-corrected chi connectivity index (χ0v) is 22.0. The fourth-order valence-corrected chi connectivity index (χ4v) is 7.72. The van der Waals surface area contributed by atoms with E-state index in [-0.39, 0.29) is 17.1 Å². The van der Waals surface area contributed by atoms with Crippen molar-refractivity contribution in [2.75, 3.05) is 78.0 Å². The van der Waals surface area contributed by atoms with Gasteiger partial charge >= 0.3 is 0 Å². The maximum absolute atomic E-state index is 6.69. The number of hydrogen-bond donors (Lipinski definition) is 0. The molecule has 1 aromatic carbocycles. The number of rotatable bonds is 6. The van der Waals surface area contributed by atoms with Crippen LogP contribution in [0.15, 0.2) is 30.3 Å². The molecule has 0 saturated carbocycles. The van der Waals surface area contributed by atoms with Crippen molar-refractivity contribution < 1.29 is 17.1 Å². The van der Waals surface area contributed by atoms with E-state index in [0.29, 0.717) is 31.7 Å². The quantitative estimate of drug-likeness (QED) is 0.197. The van der Waals surface area contributed by atoms with E-state index in [1.807, 2.05) is 30.3 Å². The van der Waals surface area contributed by atoms with E-state index >= 15 is 0 Å². The number of benzene rings is 1. The third kappa shape index (κ3) is 30.0. The van der Waals surface area contributed by atoms with Gasteiger partial charge in [0.1, 0.15) is 0 Å². The maximum atomic E-state index is 6.69. The number of hydrogen-bond acceptors (Lipinski definition) is 0. The predicted molar refractivity (Wildman–Crippen MR) is 127 cm³/mol. The molecule has 0 aliphatic carbocycles. The molecule has 0 aliphatic rings. The molecule has 0 saturated heterocycles. The molecule has 25 heavy (non-hydrogen) atoms. The topological polar surface area (TPSA) is 0 Å². The molecule has 0 aromatic heterocycles. The van der Waals surface area contributed by atoms with Gasteiger partial charge in [-0.3, -0.25) is 5.92 Å². The summed E-state index contributed by atoms with van der Waals surface area (Å²) in [5.74, 6) is 2.28. The SMILES string of the molecule is CP(C)CCP(C)C.CP(C)CCP(C)C.[C-]#Cc1ccccc1.[Fe]. The summed E-state index contributed by atoms with van der Waals surface area (Å²) in [4.78, 5) is 0. The van der Waals surface area contributed by atoms with Gasteiger partial charge in [0, 0.05) is 17.1 Å². The Kier molecular flexibility index (Phi) is 26.2. The summed E-state index contributed by atoms with van der Waals surface area (Å²) in [5.41, 5.74) is 0.826. The van der Waals surface area contributed by atoms with Gasteiger partial charge in [-0.15, -0.1) is 49.4 Å².